The Morgan fingerprint density at radius 1 is 1.04 bits per heavy atom. The smallest absolute Gasteiger partial charge is 0.262 e. The molecule has 2 aromatic carbocycles. The number of ether oxygens (including phenoxy) is 2. The predicted molar refractivity (Wildman–Crippen MR) is 104 cm³/mol. The summed E-state index contributed by atoms with van der Waals surface area (Å²) in [4.78, 5) is 28.6. The average molecular weight is 383 g/mol. The molecule has 8 heteroatoms. The number of methoxy groups -OCH3 is 1. The minimum atomic E-state index is -0.366. The summed E-state index contributed by atoms with van der Waals surface area (Å²) < 4.78 is 10.8. The molecule has 0 saturated heterocycles. The third-order valence-corrected chi connectivity index (χ3v) is 4.21. The van der Waals surface area contributed by atoms with E-state index in [9.17, 15) is 9.59 Å². The molecule has 0 spiro atoms. The number of anilines is 2. The van der Waals surface area contributed by atoms with Gasteiger partial charge in [0, 0.05) is 11.6 Å². The number of benzene rings is 2. The molecule has 0 radical (unpaired) electrons. The fraction of sp³-hybridized carbons (Fsp3) is 0.105. The van der Waals surface area contributed by atoms with Gasteiger partial charge in [-0.05, 0) is 24.3 Å². The van der Waals surface area contributed by atoms with E-state index in [1.54, 1.807) is 54.0 Å². The number of aromatic nitrogens is 1. The fourth-order valence-electron chi connectivity index (χ4n) is 2.31. The first kappa shape index (κ1) is 18.4. The molecular weight excluding hydrogens is 366 g/mol. The lowest BCUT2D eigenvalue weighted by atomic mass is 10.2. The third kappa shape index (κ3) is 4.83. The van der Waals surface area contributed by atoms with Crippen molar-refractivity contribution >= 4 is 34.0 Å². The van der Waals surface area contributed by atoms with Crippen LogP contribution in [-0.4, -0.2) is 30.5 Å². The Hall–Kier alpha value is -3.39. The maximum absolute atomic E-state index is 12.4. The molecule has 3 aromatic rings. The van der Waals surface area contributed by atoms with Crippen LogP contribution in [0.15, 0.2) is 60.1 Å². The highest BCUT2D eigenvalue weighted by atomic mass is 32.1. The maximum Gasteiger partial charge on any atom is 0.262 e. The van der Waals surface area contributed by atoms with Gasteiger partial charge in [-0.2, -0.15) is 0 Å². The number of nitrogens with one attached hydrogen (secondary N) is 2. The van der Waals surface area contributed by atoms with Gasteiger partial charge in [0.2, 0.25) is 0 Å². The zero-order chi connectivity index (χ0) is 19.1. The molecule has 0 unspecified atom stereocenters. The van der Waals surface area contributed by atoms with Gasteiger partial charge < -0.3 is 14.8 Å². The molecule has 2 N–H and O–H groups in total. The Balaban J connectivity index is 1.64. The summed E-state index contributed by atoms with van der Waals surface area (Å²) in [5.41, 5.74) is 0.862. The summed E-state index contributed by atoms with van der Waals surface area (Å²) in [5.74, 6) is 0.135. The Bertz CT molecular complexity index is 928. The topological polar surface area (TPSA) is 89.5 Å². The molecule has 27 heavy (non-hydrogen) atoms. The van der Waals surface area contributed by atoms with Crippen LogP contribution in [0.3, 0.4) is 0 Å². The third-order valence-electron chi connectivity index (χ3n) is 3.52. The van der Waals surface area contributed by atoms with Gasteiger partial charge in [0.15, 0.2) is 11.7 Å². The lowest BCUT2D eigenvalue weighted by Crippen LogP contribution is -2.22. The van der Waals surface area contributed by atoms with Gasteiger partial charge in [0.1, 0.15) is 11.5 Å². The van der Waals surface area contributed by atoms with Crippen molar-refractivity contribution in [1.29, 1.82) is 0 Å². The second-order valence-corrected chi connectivity index (χ2v) is 6.22. The molecule has 0 aliphatic heterocycles. The van der Waals surface area contributed by atoms with Crippen LogP contribution in [0.25, 0.3) is 0 Å². The number of carbonyl (C=O) groups is 2. The molecule has 138 valence electrons. The zero-order valence-corrected chi connectivity index (χ0v) is 15.3. The molecule has 3 rings (SSSR count). The van der Waals surface area contributed by atoms with Crippen LogP contribution in [-0.2, 0) is 4.79 Å². The van der Waals surface area contributed by atoms with Gasteiger partial charge in [-0.3, -0.25) is 14.9 Å². The first-order chi connectivity index (χ1) is 13.2. The summed E-state index contributed by atoms with van der Waals surface area (Å²) in [6, 6.07) is 13.8. The number of nitrogens with zero attached hydrogens (tertiary/aromatic N) is 1. The van der Waals surface area contributed by atoms with Crippen molar-refractivity contribution in [3.63, 3.8) is 0 Å². The molecule has 0 aliphatic carbocycles. The number of amides is 2. The van der Waals surface area contributed by atoms with E-state index in [-0.39, 0.29) is 18.4 Å². The number of rotatable bonds is 7. The second-order valence-electron chi connectivity index (χ2n) is 5.32. The highest BCUT2D eigenvalue weighted by Gasteiger charge is 2.15. The lowest BCUT2D eigenvalue weighted by Gasteiger charge is -2.12. The van der Waals surface area contributed by atoms with Crippen molar-refractivity contribution in [2.45, 2.75) is 0 Å². The minimum absolute atomic E-state index is 0.250. The quantitative estimate of drug-likeness (QED) is 0.652. The second kappa shape index (κ2) is 8.81. The summed E-state index contributed by atoms with van der Waals surface area (Å²) >= 11 is 1.31. The van der Waals surface area contributed by atoms with Gasteiger partial charge in [0.05, 0.1) is 18.4 Å². The SMILES string of the molecule is COc1ccccc1NC(=O)COc1ccccc1C(=O)Nc1nccs1. The predicted octanol–water partition coefficient (Wildman–Crippen LogP) is 3.42. The van der Waals surface area contributed by atoms with E-state index in [1.165, 1.54) is 18.4 Å². The average Bonchev–Trinajstić information content (AvgIpc) is 3.20. The van der Waals surface area contributed by atoms with E-state index in [0.29, 0.717) is 27.9 Å². The minimum Gasteiger partial charge on any atom is -0.495 e. The highest BCUT2D eigenvalue weighted by Crippen LogP contribution is 2.23. The van der Waals surface area contributed by atoms with Gasteiger partial charge >= 0.3 is 0 Å². The molecular formula is C19H17N3O4S. The first-order valence-corrected chi connectivity index (χ1v) is 8.91. The first-order valence-electron chi connectivity index (χ1n) is 8.03. The van der Waals surface area contributed by atoms with Crippen molar-refractivity contribution in [2.75, 3.05) is 24.4 Å². The van der Waals surface area contributed by atoms with Crippen LogP contribution in [0.1, 0.15) is 10.4 Å². The molecule has 0 aliphatic rings. The van der Waals surface area contributed by atoms with Crippen molar-refractivity contribution in [1.82, 2.24) is 4.98 Å². The van der Waals surface area contributed by atoms with Gasteiger partial charge in [-0.15, -0.1) is 11.3 Å². The van der Waals surface area contributed by atoms with Crippen molar-refractivity contribution in [3.05, 3.63) is 65.7 Å². The monoisotopic (exact) mass is 383 g/mol. The lowest BCUT2D eigenvalue weighted by molar-refractivity contribution is -0.118. The number of hydrogen-bond acceptors (Lipinski definition) is 6. The maximum atomic E-state index is 12.4. The molecule has 1 heterocycles. The number of thiazole rings is 1. The summed E-state index contributed by atoms with van der Waals surface area (Å²) in [6.07, 6.45) is 1.60. The molecule has 0 bridgehead atoms. The molecule has 0 saturated carbocycles. The van der Waals surface area contributed by atoms with Crippen molar-refractivity contribution < 1.29 is 19.1 Å². The van der Waals surface area contributed by atoms with E-state index in [4.69, 9.17) is 9.47 Å². The molecule has 2 amide bonds. The van der Waals surface area contributed by atoms with Gasteiger partial charge in [-0.1, -0.05) is 24.3 Å². The van der Waals surface area contributed by atoms with E-state index >= 15 is 0 Å². The van der Waals surface area contributed by atoms with Gasteiger partial charge in [-0.25, -0.2) is 4.98 Å². The van der Waals surface area contributed by atoms with Crippen molar-refractivity contribution in [3.8, 4) is 11.5 Å². The zero-order valence-electron chi connectivity index (χ0n) is 14.5. The Morgan fingerprint density at radius 3 is 2.52 bits per heavy atom. The van der Waals surface area contributed by atoms with Crippen LogP contribution >= 0.6 is 11.3 Å². The fourth-order valence-corrected chi connectivity index (χ4v) is 2.83. The van der Waals surface area contributed by atoms with E-state index in [0.717, 1.165) is 0 Å². The molecule has 7 nitrogen and oxygen atoms in total. The summed E-state index contributed by atoms with van der Waals surface area (Å²) in [6.45, 7) is -0.250. The number of hydrogen-bond donors (Lipinski definition) is 2. The van der Waals surface area contributed by atoms with E-state index in [2.05, 4.69) is 15.6 Å². The van der Waals surface area contributed by atoms with E-state index < -0.39 is 0 Å². The Labute approximate surface area is 160 Å². The van der Waals surface area contributed by atoms with E-state index in [1.807, 2.05) is 6.07 Å². The Morgan fingerprint density at radius 2 is 1.78 bits per heavy atom. The largest absolute Gasteiger partial charge is 0.495 e. The van der Waals surface area contributed by atoms with Crippen LogP contribution in [0.5, 0.6) is 11.5 Å². The number of para-hydroxylation sites is 3. The molecule has 0 atom stereocenters. The summed E-state index contributed by atoms with van der Waals surface area (Å²) in [5, 5.41) is 7.67. The van der Waals surface area contributed by atoms with Crippen molar-refractivity contribution in [2.24, 2.45) is 0 Å². The standard InChI is InChI=1S/C19H17N3O4S/c1-25-16-9-5-3-7-14(16)21-17(23)12-26-15-8-4-2-6-13(15)18(24)22-19-20-10-11-27-19/h2-11H,12H2,1H3,(H,21,23)(H,20,22,24). The number of carbonyl (C=O) groups excluding carboxylic acids is 2. The Kier molecular flexibility index (Phi) is 6.01. The summed E-state index contributed by atoms with van der Waals surface area (Å²) in [7, 11) is 1.53. The molecule has 1 aromatic heterocycles. The van der Waals surface area contributed by atoms with Crippen LogP contribution in [0.4, 0.5) is 10.8 Å². The normalized spacial score (nSPS) is 10.1. The van der Waals surface area contributed by atoms with Crippen LogP contribution < -0.4 is 20.1 Å². The molecule has 0 fully saturated rings. The van der Waals surface area contributed by atoms with Crippen LogP contribution in [0.2, 0.25) is 0 Å². The van der Waals surface area contributed by atoms with Gasteiger partial charge in [0.25, 0.3) is 11.8 Å². The van der Waals surface area contributed by atoms with Crippen LogP contribution in [0, 0.1) is 0 Å². The highest BCUT2D eigenvalue weighted by molar-refractivity contribution is 7.13.